The zero-order chi connectivity index (χ0) is 19.1. The Kier molecular flexibility index (Phi) is 6.89. The normalized spacial score (nSPS) is 10.8. The molecular weight excluding hydrogens is 332 g/mol. The van der Waals surface area contributed by atoms with Crippen LogP contribution in [0.4, 0.5) is 11.4 Å². The molecule has 140 valence electrons. The van der Waals surface area contributed by atoms with Gasteiger partial charge in [0.1, 0.15) is 0 Å². The second-order valence-electron chi connectivity index (χ2n) is 6.53. The van der Waals surface area contributed by atoms with Crippen molar-refractivity contribution in [3.05, 3.63) is 35.5 Å². The lowest BCUT2D eigenvalue weighted by Gasteiger charge is -2.11. The highest BCUT2D eigenvalue weighted by molar-refractivity contribution is 5.94. The lowest BCUT2D eigenvalue weighted by atomic mass is 10.1. The Bertz CT molecular complexity index is 768. The average molecular weight is 358 g/mol. The Hall–Kier alpha value is -2.70. The highest BCUT2D eigenvalue weighted by Gasteiger charge is 2.11. The number of aromatic nitrogens is 2. The van der Waals surface area contributed by atoms with Crippen molar-refractivity contribution in [2.75, 3.05) is 10.6 Å². The second kappa shape index (κ2) is 9.12. The molecule has 0 saturated heterocycles. The molecule has 1 aromatic carbocycles. The van der Waals surface area contributed by atoms with Gasteiger partial charge in [0.2, 0.25) is 17.7 Å². The van der Waals surface area contributed by atoms with Gasteiger partial charge in [-0.3, -0.25) is 9.59 Å². The van der Waals surface area contributed by atoms with Crippen LogP contribution in [0.1, 0.15) is 63.2 Å². The van der Waals surface area contributed by atoms with Crippen LogP contribution in [0.25, 0.3) is 0 Å². The van der Waals surface area contributed by atoms with Gasteiger partial charge in [0.15, 0.2) is 5.82 Å². The van der Waals surface area contributed by atoms with E-state index in [0.717, 1.165) is 5.56 Å². The van der Waals surface area contributed by atoms with Gasteiger partial charge >= 0.3 is 0 Å². The molecule has 0 radical (unpaired) electrons. The molecule has 0 fully saturated rings. The topological polar surface area (TPSA) is 97.1 Å². The summed E-state index contributed by atoms with van der Waals surface area (Å²) in [5.74, 6) is 1.31. The van der Waals surface area contributed by atoms with Gasteiger partial charge in [0, 0.05) is 36.6 Å². The fourth-order valence-electron chi connectivity index (χ4n) is 2.30. The van der Waals surface area contributed by atoms with Crippen LogP contribution in [0.15, 0.2) is 22.7 Å². The molecular formula is C19H26N4O3. The SMILES string of the molecule is CCC(=O)Nc1ccc(C)c(NC(=O)CCCc2nc(C(C)C)no2)c1. The Morgan fingerprint density at radius 2 is 1.96 bits per heavy atom. The quantitative estimate of drug-likeness (QED) is 0.748. The molecule has 1 heterocycles. The molecule has 26 heavy (non-hydrogen) atoms. The van der Waals surface area contributed by atoms with Gasteiger partial charge in [-0.25, -0.2) is 0 Å². The lowest BCUT2D eigenvalue weighted by Crippen LogP contribution is -2.14. The first-order chi connectivity index (χ1) is 12.4. The minimum Gasteiger partial charge on any atom is -0.339 e. The predicted molar refractivity (Wildman–Crippen MR) is 100 cm³/mol. The highest BCUT2D eigenvalue weighted by atomic mass is 16.5. The van der Waals surface area contributed by atoms with Crippen LogP contribution in [0.2, 0.25) is 0 Å². The van der Waals surface area contributed by atoms with Crippen LogP contribution in [0.3, 0.4) is 0 Å². The Morgan fingerprint density at radius 1 is 1.19 bits per heavy atom. The summed E-state index contributed by atoms with van der Waals surface area (Å²) in [6.45, 7) is 7.70. The third-order valence-electron chi connectivity index (χ3n) is 3.91. The number of rotatable bonds is 8. The maximum absolute atomic E-state index is 12.2. The molecule has 2 aromatic rings. The van der Waals surface area contributed by atoms with Crippen molar-refractivity contribution in [1.29, 1.82) is 0 Å². The van der Waals surface area contributed by atoms with E-state index in [4.69, 9.17) is 4.52 Å². The first kappa shape index (κ1) is 19.6. The molecule has 0 aliphatic carbocycles. The van der Waals surface area contributed by atoms with E-state index in [-0.39, 0.29) is 17.7 Å². The summed E-state index contributed by atoms with van der Waals surface area (Å²) in [6.07, 6.45) is 1.95. The molecule has 0 unspecified atom stereocenters. The van der Waals surface area contributed by atoms with E-state index >= 15 is 0 Å². The van der Waals surface area contributed by atoms with Gasteiger partial charge in [-0.15, -0.1) is 0 Å². The maximum atomic E-state index is 12.2. The van der Waals surface area contributed by atoms with Gasteiger partial charge in [-0.2, -0.15) is 4.98 Å². The van der Waals surface area contributed by atoms with Crippen molar-refractivity contribution in [3.8, 4) is 0 Å². The van der Waals surface area contributed by atoms with Crippen LogP contribution in [0, 0.1) is 6.92 Å². The third kappa shape index (κ3) is 5.68. The van der Waals surface area contributed by atoms with Crippen LogP contribution >= 0.6 is 0 Å². The molecule has 2 amide bonds. The number of hydrogen-bond acceptors (Lipinski definition) is 5. The first-order valence-corrected chi connectivity index (χ1v) is 8.91. The molecule has 1 aromatic heterocycles. The fraction of sp³-hybridized carbons (Fsp3) is 0.474. The number of hydrogen-bond donors (Lipinski definition) is 2. The molecule has 0 aliphatic rings. The summed E-state index contributed by atoms with van der Waals surface area (Å²) in [7, 11) is 0. The van der Waals surface area contributed by atoms with E-state index in [9.17, 15) is 9.59 Å². The van der Waals surface area contributed by atoms with E-state index in [2.05, 4.69) is 20.8 Å². The van der Waals surface area contributed by atoms with Gasteiger partial charge in [0.25, 0.3) is 0 Å². The van der Waals surface area contributed by atoms with E-state index in [1.54, 1.807) is 13.0 Å². The monoisotopic (exact) mass is 358 g/mol. The Labute approximate surface area is 153 Å². The molecule has 7 nitrogen and oxygen atoms in total. The summed E-state index contributed by atoms with van der Waals surface area (Å²) in [4.78, 5) is 28.0. The van der Waals surface area contributed by atoms with Gasteiger partial charge in [-0.05, 0) is 31.0 Å². The number of amides is 2. The van der Waals surface area contributed by atoms with Crippen LogP contribution in [-0.4, -0.2) is 22.0 Å². The maximum Gasteiger partial charge on any atom is 0.226 e. The van der Waals surface area contributed by atoms with Crippen molar-refractivity contribution >= 4 is 23.2 Å². The molecule has 0 spiro atoms. The predicted octanol–water partition coefficient (Wildman–Crippen LogP) is 3.81. The number of benzene rings is 1. The number of anilines is 2. The molecule has 2 N–H and O–H groups in total. The second-order valence-corrected chi connectivity index (χ2v) is 6.53. The number of aryl methyl sites for hydroxylation is 2. The van der Waals surface area contributed by atoms with Crippen molar-refractivity contribution < 1.29 is 14.1 Å². The summed E-state index contributed by atoms with van der Waals surface area (Å²) in [6, 6.07) is 5.46. The molecule has 0 aliphatic heterocycles. The van der Waals surface area contributed by atoms with Crippen molar-refractivity contribution in [1.82, 2.24) is 10.1 Å². The smallest absolute Gasteiger partial charge is 0.226 e. The summed E-state index contributed by atoms with van der Waals surface area (Å²) < 4.78 is 5.18. The number of carbonyl (C=O) groups is 2. The van der Waals surface area contributed by atoms with Crippen molar-refractivity contribution in [2.45, 2.75) is 59.3 Å². The van der Waals surface area contributed by atoms with Crippen LogP contribution in [-0.2, 0) is 16.0 Å². The summed E-state index contributed by atoms with van der Waals surface area (Å²) >= 11 is 0. The van der Waals surface area contributed by atoms with Crippen molar-refractivity contribution in [3.63, 3.8) is 0 Å². The Balaban J connectivity index is 1.86. The molecule has 0 saturated carbocycles. The molecule has 7 heteroatoms. The molecule has 2 rings (SSSR count). The van der Waals surface area contributed by atoms with E-state index in [1.807, 2.05) is 32.9 Å². The minimum absolute atomic E-state index is 0.0635. The van der Waals surface area contributed by atoms with Gasteiger partial charge in [0.05, 0.1) is 0 Å². The van der Waals surface area contributed by atoms with Crippen molar-refractivity contribution in [2.24, 2.45) is 0 Å². The van der Waals surface area contributed by atoms with Gasteiger partial charge in [-0.1, -0.05) is 32.0 Å². The van der Waals surface area contributed by atoms with Crippen LogP contribution < -0.4 is 10.6 Å². The fourth-order valence-corrected chi connectivity index (χ4v) is 2.30. The number of carbonyl (C=O) groups excluding carboxylic acids is 2. The standard InChI is InChI=1S/C19H26N4O3/c1-5-16(24)20-14-10-9-13(4)15(11-14)21-17(25)7-6-8-18-22-19(12(2)3)23-26-18/h9-12H,5-8H2,1-4H3,(H,20,24)(H,21,25). The largest absolute Gasteiger partial charge is 0.339 e. The average Bonchev–Trinajstić information content (AvgIpc) is 3.07. The summed E-state index contributed by atoms with van der Waals surface area (Å²) in [5.41, 5.74) is 2.31. The Morgan fingerprint density at radius 3 is 2.62 bits per heavy atom. The van der Waals surface area contributed by atoms with E-state index in [0.29, 0.717) is 48.8 Å². The number of nitrogens with one attached hydrogen (secondary N) is 2. The van der Waals surface area contributed by atoms with Gasteiger partial charge < -0.3 is 15.2 Å². The van der Waals surface area contributed by atoms with E-state index in [1.165, 1.54) is 0 Å². The first-order valence-electron chi connectivity index (χ1n) is 8.91. The van der Waals surface area contributed by atoms with E-state index < -0.39 is 0 Å². The molecule has 0 atom stereocenters. The third-order valence-corrected chi connectivity index (χ3v) is 3.91. The highest BCUT2D eigenvalue weighted by Crippen LogP contribution is 2.21. The zero-order valence-electron chi connectivity index (χ0n) is 15.8. The lowest BCUT2D eigenvalue weighted by molar-refractivity contribution is -0.116. The molecule has 0 bridgehead atoms. The van der Waals surface area contributed by atoms with Crippen LogP contribution in [0.5, 0.6) is 0 Å². The minimum atomic E-state index is -0.0873. The number of nitrogens with zero attached hydrogens (tertiary/aromatic N) is 2. The summed E-state index contributed by atoms with van der Waals surface area (Å²) in [5, 5.41) is 9.60. The zero-order valence-corrected chi connectivity index (χ0v) is 15.8.